The third kappa shape index (κ3) is 6.54. The van der Waals surface area contributed by atoms with Crippen LogP contribution in [-0.4, -0.2) is 31.1 Å². The zero-order valence-electron chi connectivity index (χ0n) is 15.1. The second-order valence-electron chi connectivity index (χ2n) is 6.33. The molecule has 0 aliphatic heterocycles. The predicted molar refractivity (Wildman–Crippen MR) is 115 cm³/mol. The lowest BCUT2D eigenvalue weighted by atomic mass is 9.84. The van der Waals surface area contributed by atoms with E-state index in [0.29, 0.717) is 18.1 Å². The largest absolute Gasteiger partial charge is 0.356 e. The van der Waals surface area contributed by atoms with E-state index >= 15 is 0 Å². The molecule has 0 spiro atoms. The number of aromatic nitrogens is 1. The highest BCUT2D eigenvalue weighted by molar-refractivity contribution is 14.0. The zero-order chi connectivity index (χ0) is 17.6. The number of aliphatic imine (C=N–C) groups is 1. The Bertz CT molecular complexity index is 700. The van der Waals surface area contributed by atoms with Crippen LogP contribution in [0.5, 0.6) is 0 Å². The Hall–Kier alpha value is -1.22. The number of benzene rings is 1. The Morgan fingerprint density at radius 2 is 2.00 bits per heavy atom. The molecule has 0 amide bonds. The molecule has 7 heteroatoms. The number of thiazole rings is 1. The maximum Gasteiger partial charge on any atom is 0.191 e. The number of nitrogens with one attached hydrogen (secondary N) is 2. The van der Waals surface area contributed by atoms with Crippen LogP contribution in [0, 0.1) is 12.7 Å². The molecule has 0 fully saturated rings. The van der Waals surface area contributed by atoms with Crippen molar-refractivity contribution in [3.8, 4) is 0 Å². The van der Waals surface area contributed by atoms with Gasteiger partial charge in [-0.15, -0.1) is 35.3 Å². The molecule has 0 bridgehead atoms. The van der Waals surface area contributed by atoms with Gasteiger partial charge in [-0.25, -0.2) is 9.37 Å². The molecule has 1 aromatic carbocycles. The van der Waals surface area contributed by atoms with Gasteiger partial charge in [0.15, 0.2) is 5.96 Å². The van der Waals surface area contributed by atoms with Crippen molar-refractivity contribution >= 4 is 41.3 Å². The highest BCUT2D eigenvalue weighted by Crippen LogP contribution is 2.24. The molecule has 0 unspecified atom stereocenters. The van der Waals surface area contributed by atoms with Crippen LogP contribution >= 0.6 is 35.3 Å². The minimum absolute atomic E-state index is 0. The van der Waals surface area contributed by atoms with Crippen molar-refractivity contribution in [2.75, 3.05) is 20.1 Å². The van der Waals surface area contributed by atoms with E-state index in [9.17, 15) is 4.39 Å². The van der Waals surface area contributed by atoms with Crippen molar-refractivity contribution in [3.63, 3.8) is 0 Å². The van der Waals surface area contributed by atoms with E-state index in [1.165, 1.54) is 10.9 Å². The van der Waals surface area contributed by atoms with Crippen molar-refractivity contribution in [2.24, 2.45) is 4.99 Å². The molecule has 1 heterocycles. The van der Waals surface area contributed by atoms with E-state index in [2.05, 4.69) is 27.5 Å². The molecule has 0 radical (unpaired) electrons. The van der Waals surface area contributed by atoms with Crippen LogP contribution in [0.4, 0.5) is 4.39 Å². The molecule has 2 aromatic rings. The monoisotopic (exact) mass is 476 g/mol. The summed E-state index contributed by atoms with van der Waals surface area (Å²) in [4.78, 5) is 9.80. The van der Waals surface area contributed by atoms with Gasteiger partial charge in [-0.1, -0.05) is 32.0 Å². The normalized spacial score (nSPS) is 11.8. The average molecular weight is 476 g/mol. The lowest BCUT2D eigenvalue weighted by Crippen LogP contribution is -2.44. The molecule has 0 saturated heterocycles. The molecular formula is C18H26FIN4S. The number of guanidine groups is 1. The van der Waals surface area contributed by atoms with Crippen LogP contribution < -0.4 is 10.6 Å². The SMILES string of the molecule is CN=C(NCCc1ncc(C)s1)NCC(C)(C)c1ccccc1F.I. The Morgan fingerprint density at radius 3 is 2.60 bits per heavy atom. The number of hydrogen-bond acceptors (Lipinski definition) is 3. The lowest BCUT2D eigenvalue weighted by molar-refractivity contribution is 0.473. The summed E-state index contributed by atoms with van der Waals surface area (Å²) in [7, 11) is 1.74. The first-order valence-electron chi connectivity index (χ1n) is 8.03. The molecule has 0 aliphatic rings. The van der Waals surface area contributed by atoms with Gasteiger partial charge in [-0.05, 0) is 18.6 Å². The fourth-order valence-electron chi connectivity index (χ4n) is 2.44. The van der Waals surface area contributed by atoms with Crippen molar-refractivity contribution in [1.29, 1.82) is 0 Å². The molecule has 2 rings (SSSR count). The fourth-order valence-corrected chi connectivity index (χ4v) is 3.22. The van der Waals surface area contributed by atoms with E-state index in [-0.39, 0.29) is 35.2 Å². The van der Waals surface area contributed by atoms with Gasteiger partial charge in [0.2, 0.25) is 0 Å². The van der Waals surface area contributed by atoms with Crippen molar-refractivity contribution in [1.82, 2.24) is 15.6 Å². The van der Waals surface area contributed by atoms with Gasteiger partial charge in [0, 0.05) is 43.0 Å². The summed E-state index contributed by atoms with van der Waals surface area (Å²) in [6.45, 7) is 7.44. The number of aryl methyl sites for hydroxylation is 1. The highest BCUT2D eigenvalue weighted by atomic mass is 127. The molecule has 0 saturated carbocycles. The summed E-state index contributed by atoms with van der Waals surface area (Å²) in [5.74, 6) is 0.541. The van der Waals surface area contributed by atoms with Crippen LogP contribution in [0.2, 0.25) is 0 Å². The molecule has 138 valence electrons. The van der Waals surface area contributed by atoms with Gasteiger partial charge in [0.1, 0.15) is 5.82 Å². The zero-order valence-corrected chi connectivity index (χ0v) is 18.2. The minimum Gasteiger partial charge on any atom is -0.356 e. The molecule has 0 atom stereocenters. The fraction of sp³-hybridized carbons (Fsp3) is 0.444. The second-order valence-corrected chi connectivity index (χ2v) is 7.65. The molecule has 4 nitrogen and oxygen atoms in total. The van der Waals surface area contributed by atoms with Crippen LogP contribution in [0.15, 0.2) is 35.5 Å². The highest BCUT2D eigenvalue weighted by Gasteiger charge is 2.24. The van der Waals surface area contributed by atoms with Gasteiger partial charge < -0.3 is 10.6 Å². The molecule has 2 N–H and O–H groups in total. The average Bonchev–Trinajstić information content (AvgIpc) is 2.96. The van der Waals surface area contributed by atoms with Gasteiger partial charge in [-0.2, -0.15) is 0 Å². The molecule has 0 aliphatic carbocycles. The Kier molecular flexibility index (Phi) is 8.78. The maximum atomic E-state index is 14.0. The minimum atomic E-state index is -0.338. The quantitative estimate of drug-likeness (QED) is 0.378. The Balaban J connectivity index is 0.00000312. The third-order valence-electron chi connectivity index (χ3n) is 3.82. The van der Waals surface area contributed by atoms with E-state index in [0.717, 1.165) is 18.0 Å². The third-order valence-corrected chi connectivity index (χ3v) is 4.80. The van der Waals surface area contributed by atoms with Gasteiger partial charge in [-0.3, -0.25) is 4.99 Å². The molecule has 1 aromatic heterocycles. The first kappa shape index (κ1) is 21.8. The molecule has 25 heavy (non-hydrogen) atoms. The summed E-state index contributed by atoms with van der Waals surface area (Å²) in [6, 6.07) is 6.91. The van der Waals surface area contributed by atoms with Crippen LogP contribution in [-0.2, 0) is 11.8 Å². The van der Waals surface area contributed by atoms with Gasteiger partial charge >= 0.3 is 0 Å². The predicted octanol–water partition coefficient (Wildman–Crippen LogP) is 3.89. The summed E-state index contributed by atoms with van der Waals surface area (Å²) in [5, 5.41) is 7.67. The standard InChI is InChI=1S/C18H25FN4S.HI/c1-13-11-22-16(24-13)9-10-21-17(20-4)23-12-18(2,3)14-7-5-6-8-15(14)19;/h5-8,11H,9-10,12H2,1-4H3,(H2,20,21,23);1H. The van der Waals surface area contributed by atoms with Crippen LogP contribution in [0.3, 0.4) is 0 Å². The summed E-state index contributed by atoms with van der Waals surface area (Å²) in [6.07, 6.45) is 2.75. The van der Waals surface area contributed by atoms with Crippen molar-refractivity contribution in [2.45, 2.75) is 32.6 Å². The van der Waals surface area contributed by atoms with Gasteiger partial charge in [0.25, 0.3) is 0 Å². The Morgan fingerprint density at radius 1 is 1.28 bits per heavy atom. The first-order chi connectivity index (χ1) is 11.4. The first-order valence-corrected chi connectivity index (χ1v) is 8.85. The number of rotatable bonds is 6. The number of halogens is 2. The maximum absolute atomic E-state index is 14.0. The smallest absolute Gasteiger partial charge is 0.191 e. The van der Waals surface area contributed by atoms with Crippen molar-refractivity contribution < 1.29 is 4.39 Å². The summed E-state index contributed by atoms with van der Waals surface area (Å²) >= 11 is 1.71. The van der Waals surface area contributed by atoms with E-state index < -0.39 is 0 Å². The summed E-state index contributed by atoms with van der Waals surface area (Å²) in [5.41, 5.74) is 0.362. The summed E-state index contributed by atoms with van der Waals surface area (Å²) < 4.78 is 14.0. The second kappa shape index (κ2) is 10.1. The number of hydrogen-bond donors (Lipinski definition) is 2. The Labute approximate surface area is 170 Å². The van der Waals surface area contributed by atoms with Crippen LogP contribution in [0.1, 0.15) is 29.3 Å². The van der Waals surface area contributed by atoms with E-state index in [1.54, 1.807) is 24.5 Å². The van der Waals surface area contributed by atoms with Crippen molar-refractivity contribution in [3.05, 3.63) is 51.7 Å². The lowest BCUT2D eigenvalue weighted by Gasteiger charge is -2.27. The van der Waals surface area contributed by atoms with E-state index in [1.807, 2.05) is 32.2 Å². The van der Waals surface area contributed by atoms with Gasteiger partial charge in [0.05, 0.1) is 5.01 Å². The van der Waals surface area contributed by atoms with Crippen LogP contribution in [0.25, 0.3) is 0 Å². The number of nitrogens with zero attached hydrogens (tertiary/aromatic N) is 2. The van der Waals surface area contributed by atoms with E-state index in [4.69, 9.17) is 0 Å². The molecular weight excluding hydrogens is 450 g/mol. The topological polar surface area (TPSA) is 49.3 Å².